The minimum atomic E-state index is -0.443. The van der Waals surface area contributed by atoms with E-state index in [0.717, 1.165) is 0 Å². The summed E-state index contributed by atoms with van der Waals surface area (Å²) in [6.07, 6.45) is 0. The van der Waals surface area contributed by atoms with Gasteiger partial charge in [0.05, 0.1) is 4.92 Å². The molecule has 0 spiro atoms. The Morgan fingerprint density at radius 3 is 2.48 bits per heavy atom. The molecule has 0 aromatic carbocycles. The monoisotopic (exact) mass is 292 g/mol. The van der Waals surface area contributed by atoms with E-state index in [-0.39, 0.29) is 18.2 Å². The Morgan fingerprint density at radius 1 is 1.29 bits per heavy atom. The molecule has 0 aliphatic carbocycles. The fourth-order valence-corrected chi connectivity index (χ4v) is 1.94. The second-order valence-corrected chi connectivity index (χ2v) is 4.74. The van der Waals surface area contributed by atoms with E-state index in [1.807, 2.05) is 0 Å². The lowest BCUT2D eigenvalue weighted by Crippen LogP contribution is -2.17. The molecule has 2 rings (SSSR count). The summed E-state index contributed by atoms with van der Waals surface area (Å²) in [6.45, 7) is 3.41. The van der Waals surface area contributed by atoms with Gasteiger partial charge in [-0.3, -0.25) is 14.8 Å². The van der Waals surface area contributed by atoms with E-state index in [1.165, 1.54) is 4.68 Å². The molecule has 0 radical (unpaired) electrons. The van der Waals surface area contributed by atoms with Crippen LogP contribution >= 0.6 is 0 Å². The number of rotatable bonds is 4. The molecular weight excluding hydrogens is 276 g/mol. The predicted molar refractivity (Wildman–Crippen MR) is 76.0 cm³/mol. The third-order valence-corrected chi connectivity index (χ3v) is 2.90. The predicted octanol–water partition coefficient (Wildman–Crippen LogP) is 0.290. The second kappa shape index (κ2) is 5.31. The Bertz CT molecular complexity index is 694. The first-order valence-electron chi connectivity index (χ1n) is 6.15. The Morgan fingerprint density at radius 2 is 1.95 bits per heavy atom. The maximum atomic E-state index is 11.0. The van der Waals surface area contributed by atoms with Crippen LogP contribution in [0.2, 0.25) is 0 Å². The van der Waals surface area contributed by atoms with Crippen molar-refractivity contribution >= 4 is 17.6 Å². The quantitative estimate of drug-likeness (QED) is 0.628. The molecule has 0 saturated carbocycles. The van der Waals surface area contributed by atoms with Gasteiger partial charge in [0.15, 0.2) is 5.82 Å². The number of hydrogen-bond donors (Lipinski definition) is 1. The molecule has 10 nitrogen and oxygen atoms in total. The van der Waals surface area contributed by atoms with Crippen LogP contribution in [0, 0.1) is 24.0 Å². The van der Waals surface area contributed by atoms with Gasteiger partial charge in [0.25, 0.3) is 0 Å². The summed E-state index contributed by atoms with van der Waals surface area (Å²) in [5.74, 6) is 0.917. The van der Waals surface area contributed by atoms with Gasteiger partial charge in [-0.25, -0.2) is 0 Å². The number of anilines is 2. The molecule has 2 aromatic heterocycles. The van der Waals surface area contributed by atoms with E-state index in [0.29, 0.717) is 23.2 Å². The molecule has 21 heavy (non-hydrogen) atoms. The summed E-state index contributed by atoms with van der Waals surface area (Å²) in [7, 11) is 3.57. The van der Waals surface area contributed by atoms with Crippen LogP contribution in [0.5, 0.6) is 0 Å². The van der Waals surface area contributed by atoms with Crippen LogP contribution in [-0.4, -0.2) is 43.8 Å². The van der Waals surface area contributed by atoms with Crippen molar-refractivity contribution < 1.29 is 4.92 Å². The van der Waals surface area contributed by atoms with E-state index >= 15 is 0 Å². The number of nitrogens with two attached hydrogens (primary N) is 1. The van der Waals surface area contributed by atoms with Gasteiger partial charge < -0.3 is 10.6 Å². The lowest BCUT2D eigenvalue weighted by atomic mass is 10.3. The third kappa shape index (κ3) is 2.88. The first kappa shape index (κ1) is 14.6. The van der Waals surface area contributed by atoms with Gasteiger partial charge in [0.2, 0.25) is 11.9 Å². The number of hydrogen-bond acceptors (Lipinski definition) is 8. The minimum Gasteiger partial charge on any atom is -0.368 e. The first-order chi connectivity index (χ1) is 9.79. The zero-order valence-electron chi connectivity index (χ0n) is 12.2. The van der Waals surface area contributed by atoms with Crippen molar-refractivity contribution in [2.45, 2.75) is 20.4 Å². The highest BCUT2D eigenvalue weighted by molar-refractivity contribution is 5.40. The van der Waals surface area contributed by atoms with Gasteiger partial charge >= 0.3 is 5.69 Å². The first-order valence-corrected chi connectivity index (χ1v) is 6.15. The minimum absolute atomic E-state index is 0.00450. The molecule has 112 valence electrons. The van der Waals surface area contributed by atoms with Crippen LogP contribution in [0.1, 0.15) is 17.2 Å². The number of nitrogens with zero attached hydrogens (tertiary/aromatic N) is 7. The SMILES string of the molecule is Cc1nn(Cc2nc(N)nc(N(C)C)n2)c(C)c1[N+](=O)[O-]. The molecular formula is C11H16N8O2. The largest absolute Gasteiger partial charge is 0.368 e. The number of nitro groups is 1. The molecule has 0 saturated heterocycles. The van der Waals surface area contributed by atoms with Crippen LogP contribution in [0.25, 0.3) is 0 Å². The standard InChI is InChI=1S/C11H16N8O2/c1-6-9(19(20)21)7(2)18(16-6)5-8-13-10(12)15-11(14-8)17(3)4/h5H2,1-4H3,(H2,12,13,14,15). The number of nitrogen functional groups attached to an aromatic ring is 1. The van der Waals surface area contributed by atoms with Crippen molar-refractivity contribution in [3.8, 4) is 0 Å². The van der Waals surface area contributed by atoms with Crippen molar-refractivity contribution in [3.05, 3.63) is 27.3 Å². The van der Waals surface area contributed by atoms with E-state index in [2.05, 4.69) is 20.1 Å². The molecule has 2 N–H and O–H groups in total. The maximum absolute atomic E-state index is 11.0. The summed E-state index contributed by atoms with van der Waals surface area (Å²) in [5.41, 5.74) is 6.45. The van der Waals surface area contributed by atoms with Gasteiger partial charge in [0.1, 0.15) is 17.9 Å². The Hall–Kier alpha value is -2.78. The highest BCUT2D eigenvalue weighted by Crippen LogP contribution is 2.22. The molecule has 0 amide bonds. The molecule has 2 aromatic rings. The van der Waals surface area contributed by atoms with Crippen LogP contribution < -0.4 is 10.6 Å². The summed E-state index contributed by atoms with van der Waals surface area (Å²) < 4.78 is 1.49. The average molecular weight is 292 g/mol. The molecule has 10 heteroatoms. The molecule has 0 aliphatic rings. The van der Waals surface area contributed by atoms with Gasteiger partial charge in [-0.1, -0.05) is 0 Å². The van der Waals surface area contributed by atoms with Gasteiger partial charge in [-0.05, 0) is 13.8 Å². The smallest absolute Gasteiger partial charge is 0.312 e. The molecule has 2 heterocycles. The van der Waals surface area contributed by atoms with E-state index < -0.39 is 4.92 Å². The Balaban J connectivity index is 2.39. The molecule has 0 aliphatic heterocycles. The van der Waals surface area contributed by atoms with Crippen LogP contribution in [0.3, 0.4) is 0 Å². The Labute approximate surface area is 120 Å². The Kier molecular flexibility index (Phi) is 3.70. The average Bonchev–Trinajstić information content (AvgIpc) is 2.63. The maximum Gasteiger partial charge on any atom is 0.312 e. The highest BCUT2D eigenvalue weighted by atomic mass is 16.6. The zero-order chi connectivity index (χ0) is 15.7. The second-order valence-electron chi connectivity index (χ2n) is 4.74. The summed E-state index contributed by atoms with van der Waals surface area (Å²) in [4.78, 5) is 24.5. The topological polar surface area (TPSA) is 129 Å². The van der Waals surface area contributed by atoms with Gasteiger partial charge in [0, 0.05) is 14.1 Å². The molecule has 0 bridgehead atoms. The molecule has 0 fully saturated rings. The molecule has 0 unspecified atom stereocenters. The van der Waals surface area contributed by atoms with Crippen LogP contribution in [0.4, 0.5) is 17.6 Å². The van der Waals surface area contributed by atoms with Gasteiger partial charge in [-0.2, -0.15) is 20.1 Å². The zero-order valence-corrected chi connectivity index (χ0v) is 12.2. The van der Waals surface area contributed by atoms with E-state index in [9.17, 15) is 10.1 Å². The summed E-state index contributed by atoms with van der Waals surface area (Å²) >= 11 is 0. The van der Waals surface area contributed by atoms with Crippen molar-refractivity contribution in [3.63, 3.8) is 0 Å². The number of aryl methyl sites for hydroxylation is 1. The van der Waals surface area contributed by atoms with Gasteiger partial charge in [-0.15, -0.1) is 0 Å². The van der Waals surface area contributed by atoms with E-state index in [4.69, 9.17) is 5.73 Å². The fourth-order valence-electron chi connectivity index (χ4n) is 1.94. The van der Waals surface area contributed by atoms with Crippen molar-refractivity contribution in [2.24, 2.45) is 0 Å². The van der Waals surface area contributed by atoms with E-state index in [1.54, 1.807) is 32.8 Å². The van der Waals surface area contributed by atoms with Crippen molar-refractivity contribution in [1.29, 1.82) is 0 Å². The lowest BCUT2D eigenvalue weighted by molar-refractivity contribution is -0.386. The van der Waals surface area contributed by atoms with Crippen LogP contribution in [0.15, 0.2) is 0 Å². The van der Waals surface area contributed by atoms with Crippen molar-refractivity contribution in [1.82, 2.24) is 24.7 Å². The highest BCUT2D eigenvalue weighted by Gasteiger charge is 2.22. The van der Waals surface area contributed by atoms with Crippen LogP contribution in [-0.2, 0) is 6.54 Å². The lowest BCUT2D eigenvalue weighted by Gasteiger charge is -2.11. The summed E-state index contributed by atoms with van der Waals surface area (Å²) in [5, 5.41) is 15.1. The fraction of sp³-hybridized carbons (Fsp3) is 0.455. The number of aromatic nitrogens is 5. The van der Waals surface area contributed by atoms with Crippen molar-refractivity contribution in [2.75, 3.05) is 24.7 Å². The molecule has 0 atom stereocenters. The third-order valence-electron chi connectivity index (χ3n) is 2.90. The normalized spacial score (nSPS) is 10.7. The summed E-state index contributed by atoms with van der Waals surface area (Å²) in [6, 6.07) is 0.